The van der Waals surface area contributed by atoms with Gasteiger partial charge in [0.15, 0.2) is 0 Å². The van der Waals surface area contributed by atoms with Crippen LogP contribution in [0.5, 0.6) is 0 Å². The molecule has 0 spiro atoms. The summed E-state index contributed by atoms with van der Waals surface area (Å²) in [5.41, 5.74) is 7.63. The third-order valence-corrected chi connectivity index (χ3v) is 3.75. The van der Waals surface area contributed by atoms with E-state index in [0.717, 1.165) is 12.0 Å². The molecule has 2 N–H and O–H groups in total. The first kappa shape index (κ1) is 16.1. The molecule has 2 aromatic rings. The van der Waals surface area contributed by atoms with E-state index in [-0.39, 0.29) is 5.56 Å². The van der Waals surface area contributed by atoms with Gasteiger partial charge in [0.2, 0.25) is 0 Å². The molecule has 2 nitrogen and oxygen atoms in total. The van der Waals surface area contributed by atoms with Gasteiger partial charge in [-0.15, -0.1) is 0 Å². The quantitative estimate of drug-likeness (QED) is 0.880. The van der Waals surface area contributed by atoms with Gasteiger partial charge in [-0.3, -0.25) is 0 Å². The summed E-state index contributed by atoms with van der Waals surface area (Å²) in [6, 6.07) is 8.95. The van der Waals surface area contributed by atoms with Gasteiger partial charge in [0.1, 0.15) is 11.6 Å². The Morgan fingerprint density at radius 2 is 1.71 bits per heavy atom. The lowest BCUT2D eigenvalue weighted by Gasteiger charge is -2.15. The van der Waals surface area contributed by atoms with Crippen molar-refractivity contribution < 1.29 is 13.5 Å². The Kier molecular flexibility index (Phi) is 5.45. The van der Waals surface area contributed by atoms with E-state index in [4.69, 9.17) is 10.5 Å². The van der Waals surface area contributed by atoms with E-state index in [9.17, 15) is 8.78 Å². The van der Waals surface area contributed by atoms with Crippen molar-refractivity contribution in [2.24, 2.45) is 5.73 Å². The van der Waals surface area contributed by atoms with Gasteiger partial charge in [-0.25, -0.2) is 8.78 Å². The number of halogens is 3. The number of nitrogens with two attached hydrogens (primary N) is 1. The SMILES string of the molecule is COCCc1ccc(C(N)c2c(F)cc(Br)cc2F)cc1. The Hall–Kier alpha value is -1.30. The normalized spacial score (nSPS) is 12.4. The van der Waals surface area contributed by atoms with Crippen LogP contribution in [-0.2, 0) is 11.2 Å². The second-order valence-electron chi connectivity index (χ2n) is 4.75. The summed E-state index contributed by atoms with van der Waals surface area (Å²) < 4.78 is 33.2. The second kappa shape index (κ2) is 7.11. The van der Waals surface area contributed by atoms with Crippen LogP contribution in [0.3, 0.4) is 0 Å². The molecule has 2 aromatic carbocycles. The second-order valence-corrected chi connectivity index (χ2v) is 5.66. The first-order valence-electron chi connectivity index (χ1n) is 6.50. The summed E-state index contributed by atoms with van der Waals surface area (Å²) in [7, 11) is 1.64. The number of ether oxygens (including phenoxy) is 1. The van der Waals surface area contributed by atoms with Crippen molar-refractivity contribution in [3.05, 3.63) is 69.2 Å². The van der Waals surface area contributed by atoms with Crippen LogP contribution in [-0.4, -0.2) is 13.7 Å². The van der Waals surface area contributed by atoms with Crippen molar-refractivity contribution in [2.45, 2.75) is 12.5 Å². The Balaban J connectivity index is 2.26. The molecule has 0 saturated carbocycles. The maximum Gasteiger partial charge on any atom is 0.132 e. The molecule has 2 rings (SSSR count). The van der Waals surface area contributed by atoms with Crippen LogP contribution in [0.25, 0.3) is 0 Å². The summed E-state index contributed by atoms with van der Waals surface area (Å²) in [6.07, 6.45) is 0.785. The van der Waals surface area contributed by atoms with E-state index in [1.807, 2.05) is 12.1 Å². The van der Waals surface area contributed by atoms with Crippen LogP contribution in [0.4, 0.5) is 8.78 Å². The van der Waals surface area contributed by atoms with E-state index in [1.165, 1.54) is 12.1 Å². The number of rotatable bonds is 5. The van der Waals surface area contributed by atoms with Crippen LogP contribution in [0.1, 0.15) is 22.7 Å². The summed E-state index contributed by atoms with van der Waals surface area (Å²) in [6.45, 7) is 0.626. The fourth-order valence-electron chi connectivity index (χ4n) is 2.13. The highest BCUT2D eigenvalue weighted by Crippen LogP contribution is 2.28. The molecule has 0 heterocycles. The zero-order valence-corrected chi connectivity index (χ0v) is 13.2. The van der Waals surface area contributed by atoms with Crippen molar-refractivity contribution in [3.8, 4) is 0 Å². The van der Waals surface area contributed by atoms with Gasteiger partial charge >= 0.3 is 0 Å². The summed E-state index contributed by atoms with van der Waals surface area (Å²) in [4.78, 5) is 0. The van der Waals surface area contributed by atoms with Gasteiger partial charge in [0.25, 0.3) is 0 Å². The molecule has 0 aromatic heterocycles. The topological polar surface area (TPSA) is 35.2 Å². The average Bonchev–Trinajstić information content (AvgIpc) is 2.44. The van der Waals surface area contributed by atoms with Crippen LogP contribution in [0.15, 0.2) is 40.9 Å². The van der Waals surface area contributed by atoms with Crippen molar-refractivity contribution in [3.63, 3.8) is 0 Å². The lowest BCUT2D eigenvalue weighted by molar-refractivity contribution is 0.202. The molecule has 0 bridgehead atoms. The highest BCUT2D eigenvalue weighted by Gasteiger charge is 2.19. The van der Waals surface area contributed by atoms with Crippen LogP contribution in [0, 0.1) is 11.6 Å². The maximum atomic E-state index is 13.9. The molecule has 0 aliphatic rings. The monoisotopic (exact) mass is 355 g/mol. The predicted molar refractivity (Wildman–Crippen MR) is 82.1 cm³/mol. The number of benzene rings is 2. The van der Waals surface area contributed by atoms with Gasteiger partial charge in [-0.05, 0) is 29.7 Å². The van der Waals surface area contributed by atoms with E-state index in [1.54, 1.807) is 19.2 Å². The minimum absolute atomic E-state index is 0.122. The standard InChI is InChI=1S/C16H16BrF2NO/c1-21-7-6-10-2-4-11(5-3-10)16(20)15-13(18)8-12(17)9-14(15)19/h2-5,8-9,16H,6-7,20H2,1H3. The molecule has 1 atom stereocenters. The van der Waals surface area contributed by atoms with Crippen molar-refractivity contribution in [2.75, 3.05) is 13.7 Å². The zero-order valence-electron chi connectivity index (χ0n) is 11.6. The maximum absolute atomic E-state index is 13.9. The molecule has 5 heteroatoms. The largest absolute Gasteiger partial charge is 0.384 e. The fraction of sp³-hybridized carbons (Fsp3) is 0.250. The van der Waals surface area contributed by atoms with Gasteiger partial charge < -0.3 is 10.5 Å². The molecule has 0 amide bonds. The Morgan fingerprint density at radius 1 is 1.14 bits per heavy atom. The third kappa shape index (κ3) is 3.87. The number of hydrogen-bond acceptors (Lipinski definition) is 2. The Labute approximate surface area is 131 Å². The zero-order chi connectivity index (χ0) is 15.4. The van der Waals surface area contributed by atoms with Crippen LogP contribution < -0.4 is 5.73 Å². The third-order valence-electron chi connectivity index (χ3n) is 3.29. The fourth-order valence-corrected chi connectivity index (χ4v) is 2.53. The van der Waals surface area contributed by atoms with Crippen molar-refractivity contribution >= 4 is 15.9 Å². The summed E-state index contributed by atoms with van der Waals surface area (Å²) in [5, 5.41) is 0. The van der Waals surface area contributed by atoms with Crippen LogP contribution >= 0.6 is 15.9 Å². The molecular weight excluding hydrogens is 340 g/mol. The molecule has 0 radical (unpaired) electrons. The number of hydrogen-bond donors (Lipinski definition) is 1. The molecule has 1 unspecified atom stereocenters. The van der Waals surface area contributed by atoms with E-state index < -0.39 is 17.7 Å². The summed E-state index contributed by atoms with van der Waals surface area (Å²) >= 11 is 3.05. The molecule has 0 fully saturated rings. The van der Waals surface area contributed by atoms with Gasteiger partial charge in [-0.1, -0.05) is 40.2 Å². The summed E-state index contributed by atoms with van der Waals surface area (Å²) in [5.74, 6) is -1.31. The van der Waals surface area contributed by atoms with Gasteiger partial charge in [0, 0.05) is 17.1 Å². The predicted octanol–water partition coefficient (Wildman–Crippen LogP) is 3.96. The Bertz CT molecular complexity index is 593. The molecule has 0 aliphatic heterocycles. The van der Waals surface area contributed by atoms with E-state index in [2.05, 4.69) is 15.9 Å². The van der Waals surface area contributed by atoms with E-state index >= 15 is 0 Å². The highest BCUT2D eigenvalue weighted by atomic mass is 79.9. The van der Waals surface area contributed by atoms with Crippen molar-refractivity contribution in [1.82, 2.24) is 0 Å². The number of methoxy groups -OCH3 is 1. The average molecular weight is 356 g/mol. The minimum atomic E-state index is -0.838. The molecular formula is C16H16BrF2NO. The smallest absolute Gasteiger partial charge is 0.132 e. The molecule has 21 heavy (non-hydrogen) atoms. The molecule has 0 aliphatic carbocycles. The lowest BCUT2D eigenvalue weighted by Crippen LogP contribution is -2.15. The minimum Gasteiger partial charge on any atom is -0.384 e. The van der Waals surface area contributed by atoms with Crippen LogP contribution in [0.2, 0.25) is 0 Å². The highest BCUT2D eigenvalue weighted by molar-refractivity contribution is 9.10. The first-order valence-corrected chi connectivity index (χ1v) is 7.30. The Morgan fingerprint density at radius 3 is 2.24 bits per heavy atom. The van der Waals surface area contributed by atoms with E-state index in [0.29, 0.717) is 16.6 Å². The van der Waals surface area contributed by atoms with Gasteiger partial charge in [0.05, 0.1) is 12.6 Å². The van der Waals surface area contributed by atoms with Gasteiger partial charge in [-0.2, -0.15) is 0 Å². The molecule has 112 valence electrons. The van der Waals surface area contributed by atoms with Crippen molar-refractivity contribution in [1.29, 1.82) is 0 Å². The molecule has 0 saturated heterocycles. The first-order chi connectivity index (χ1) is 10.0. The lowest BCUT2D eigenvalue weighted by atomic mass is 9.97.